The first-order valence-electron chi connectivity index (χ1n) is 10.8. The van der Waals surface area contributed by atoms with Crippen LogP contribution in [0.3, 0.4) is 0 Å². The first kappa shape index (κ1) is 21.6. The molecule has 4 aromatic rings. The van der Waals surface area contributed by atoms with Gasteiger partial charge in [0, 0.05) is 29.5 Å². The van der Waals surface area contributed by atoms with E-state index < -0.39 is 6.04 Å². The minimum atomic E-state index is -0.426. The summed E-state index contributed by atoms with van der Waals surface area (Å²) in [6, 6.07) is 17.0. The highest BCUT2D eigenvalue weighted by molar-refractivity contribution is 5.98. The molecule has 0 saturated heterocycles. The van der Waals surface area contributed by atoms with Gasteiger partial charge in [0.25, 0.3) is 5.91 Å². The van der Waals surface area contributed by atoms with Crippen molar-refractivity contribution < 1.29 is 14.6 Å². The van der Waals surface area contributed by atoms with Gasteiger partial charge in [-0.2, -0.15) is 0 Å². The number of aromatic nitrogens is 2. The van der Waals surface area contributed by atoms with Gasteiger partial charge in [0.2, 0.25) is 0 Å². The molecule has 32 heavy (non-hydrogen) atoms. The summed E-state index contributed by atoms with van der Waals surface area (Å²) in [5, 5.41) is 14.0. The van der Waals surface area contributed by atoms with Crippen molar-refractivity contribution in [1.29, 1.82) is 0 Å². The van der Waals surface area contributed by atoms with Crippen molar-refractivity contribution in [2.24, 2.45) is 0 Å². The Hall–Kier alpha value is -3.64. The molecule has 0 radical (unpaired) electrons. The van der Waals surface area contributed by atoms with Crippen LogP contribution in [-0.4, -0.2) is 40.2 Å². The number of aliphatic hydroxyl groups excluding tert-OH is 1. The van der Waals surface area contributed by atoms with Crippen LogP contribution in [-0.2, 0) is 6.42 Å². The Labute approximate surface area is 187 Å². The normalized spacial score (nSPS) is 11.9. The van der Waals surface area contributed by atoms with Gasteiger partial charge in [-0.3, -0.25) is 9.78 Å². The van der Waals surface area contributed by atoms with Crippen molar-refractivity contribution in [2.75, 3.05) is 13.2 Å². The Morgan fingerprint density at radius 3 is 2.72 bits per heavy atom. The van der Waals surface area contributed by atoms with Crippen molar-refractivity contribution in [1.82, 2.24) is 15.3 Å². The maximum Gasteiger partial charge on any atom is 0.255 e. The minimum Gasteiger partial charge on any atom is -0.493 e. The van der Waals surface area contributed by atoms with E-state index in [4.69, 9.17) is 4.74 Å². The number of para-hydroxylation sites is 1. The number of fused-ring (bicyclic) bond motifs is 1. The molecule has 2 heterocycles. The summed E-state index contributed by atoms with van der Waals surface area (Å²) >= 11 is 0. The molecule has 6 heteroatoms. The lowest BCUT2D eigenvalue weighted by molar-refractivity contribution is 0.0912. The molecule has 0 aliphatic rings. The molecule has 4 rings (SSSR count). The maximum atomic E-state index is 13.3. The van der Waals surface area contributed by atoms with Crippen molar-refractivity contribution in [3.63, 3.8) is 0 Å². The maximum absolute atomic E-state index is 13.3. The molecular weight excluding hydrogens is 402 g/mol. The molecule has 0 fully saturated rings. The number of hydrogen-bond donors (Lipinski definition) is 3. The molecule has 1 atom stereocenters. The van der Waals surface area contributed by atoms with Crippen LogP contribution >= 0.6 is 0 Å². The summed E-state index contributed by atoms with van der Waals surface area (Å²) < 4.78 is 5.84. The topological polar surface area (TPSA) is 87.2 Å². The molecule has 1 amide bonds. The molecule has 2 aromatic heterocycles. The molecule has 0 aliphatic heterocycles. The van der Waals surface area contributed by atoms with Crippen LogP contribution in [0, 0.1) is 0 Å². The van der Waals surface area contributed by atoms with Gasteiger partial charge < -0.3 is 20.1 Å². The number of carbonyl (C=O) groups is 1. The van der Waals surface area contributed by atoms with Gasteiger partial charge in [-0.05, 0) is 59.9 Å². The largest absolute Gasteiger partial charge is 0.493 e. The lowest BCUT2D eigenvalue weighted by atomic mass is 10.0. The summed E-state index contributed by atoms with van der Waals surface area (Å²) in [6.07, 6.45) is 6.73. The average molecular weight is 430 g/mol. The molecule has 2 aromatic carbocycles. The van der Waals surface area contributed by atoms with Gasteiger partial charge in [-0.25, -0.2) is 0 Å². The molecule has 0 saturated carbocycles. The van der Waals surface area contributed by atoms with Crippen LogP contribution in [0.25, 0.3) is 22.0 Å². The second kappa shape index (κ2) is 10.1. The number of aromatic amines is 1. The van der Waals surface area contributed by atoms with E-state index in [0.717, 1.165) is 34.0 Å². The first-order valence-corrected chi connectivity index (χ1v) is 10.8. The first-order chi connectivity index (χ1) is 15.7. The van der Waals surface area contributed by atoms with E-state index in [1.165, 1.54) is 0 Å². The second-order valence-electron chi connectivity index (χ2n) is 7.71. The number of nitrogens with zero attached hydrogens (tertiary/aromatic N) is 1. The molecule has 0 spiro atoms. The molecule has 0 aliphatic carbocycles. The van der Waals surface area contributed by atoms with Gasteiger partial charge in [0.1, 0.15) is 5.75 Å². The van der Waals surface area contributed by atoms with Crippen LogP contribution in [0.4, 0.5) is 0 Å². The van der Waals surface area contributed by atoms with E-state index in [2.05, 4.69) is 15.3 Å². The Bertz CT molecular complexity index is 1190. The number of pyridine rings is 1. The van der Waals surface area contributed by atoms with E-state index in [1.54, 1.807) is 12.4 Å². The van der Waals surface area contributed by atoms with E-state index in [-0.39, 0.29) is 12.5 Å². The highest BCUT2D eigenvalue weighted by Gasteiger charge is 2.19. The summed E-state index contributed by atoms with van der Waals surface area (Å²) in [5.74, 6) is 0.261. The monoisotopic (exact) mass is 429 g/mol. The van der Waals surface area contributed by atoms with Crippen LogP contribution in [0.1, 0.15) is 29.3 Å². The molecule has 164 valence electrons. The highest BCUT2D eigenvalue weighted by Crippen LogP contribution is 2.27. The second-order valence-corrected chi connectivity index (χ2v) is 7.71. The molecule has 6 nitrogen and oxygen atoms in total. The van der Waals surface area contributed by atoms with Crippen LogP contribution in [0.15, 0.2) is 73.2 Å². The average Bonchev–Trinajstić information content (AvgIpc) is 3.25. The van der Waals surface area contributed by atoms with E-state index in [1.807, 2.05) is 67.7 Å². The van der Waals surface area contributed by atoms with Crippen LogP contribution < -0.4 is 10.1 Å². The van der Waals surface area contributed by atoms with Crippen LogP contribution in [0.2, 0.25) is 0 Å². The fraction of sp³-hybridized carbons (Fsp3) is 0.231. The number of H-pyrrole nitrogens is 1. The van der Waals surface area contributed by atoms with Crippen molar-refractivity contribution in [3.05, 3.63) is 84.3 Å². The van der Waals surface area contributed by atoms with Gasteiger partial charge in [-0.1, -0.05) is 31.2 Å². The van der Waals surface area contributed by atoms with Crippen molar-refractivity contribution in [3.8, 4) is 16.9 Å². The third-order valence-corrected chi connectivity index (χ3v) is 5.40. The zero-order valence-electron chi connectivity index (χ0n) is 18.0. The van der Waals surface area contributed by atoms with Crippen molar-refractivity contribution >= 4 is 16.8 Å². The Morgan fingerprint density at radius 1 is 1.12 bits per heavy atom. The Balaban J connectivity index is 1.58. The smallest absolute Gasteiger partial charge is 0.255 e. The Kier molecular flexibility index (Phi) is 6.82. The SMILES string of the molecule is CCCOc1ccc(-c2ccncc2)cc1C(=O)NC(CO)Cc1c[nH]c2ccccc12. The van der Waals surface area contributed by atoms with E-state index in [0.29, 0.717) is 24.3 Å². The lowest BCUT2D eigenvalue weighted by Gasteiger charge is -2.18. The standard InChI is InChI=1S/C26H27N3O3/c1-2-13-32-25-8-7-19(18-9-11-27-12-10-18)15-23(25)26(31)29-21(17-30)14-20-16-28-24-6-4-3-5-22(20)24/h3-12,15-16,21,28,30H,2,13-14,17H2,1H3,(H,29,31). The number of carbonyl (C=O) groups excluding carboxylic acids is 1. The van der Waals surface area contributed by atoms with Gasteiger partial charge in [-0.15, -0.1) is 0 Å². The van der Waals surface area contributed by atoms with Gasteiger partial charge in [0.15, 0.2) is 0 Å². The minimum absolute atomic E-state index is 0.166. The molecular formula is C26H27N3O3. The third-order valence-electron chi connectivity index (χ3n) is 5.40. The number of nitrogens with one attached hydrogen (secondary N) is 2. The molecule has 3 N–H and O–H groups in total. The summed E-state index contributed by atoms with van der Waals surface area (Å²) in [4.78, 5) is 20.6. The summed E-state index contributed by atoms with van der Waals surface area (Å²) in [6.45, 7) is 2.38. The quantitative estimate of drug-likeness (QED) is 0.369. The number of amides is 1. The zero-order chi connectivity index (χ0) is 22.3. The fourth-order valence-corrected chi connectivity index (χ4v) is 3.76. The van der Waals surface area contributed by atoms with Gasteiger partial charge >= 0.3 is 0 Å². The zero-order valence-corrected chi connectivity index (χ0v) is 18.0. The number of benzene rings is 2. The van der Waals surface area contributed by atoms with E-state index in [9.17, 15) is 9.90 Å². The predicted molar refractivity (Wildman–Crippen MR) is 126 cm³/mol. The summed E-state index contributed by atoms with van der Waals surface area (Å²) in [5.41, 5.74) is 4.40. The molecule has 1 unspecified atom stereocenters. The fourth-order valence-electron chi connectivity index (χ4n) is 3.76. The predicted octanol–water partition coefficient (Wildman–Crippen LogP) is 4.35. The molecule has 0 bridgehead atoms. The van der Waals surface area contributed by atoms with Gasteiger partial charge in [0.05, 0.1) is 24.8 Å². The Morgan fingerprint density at radius 2 is 1.94 bits per heavy atom. The number of hydrogen-bond acceptors (Lipinski definition) is 4. The van der Waals surface area contributed by atoms with Crippen LogP contribution in [0.5, 0.6) is 5.75 Å². The van der Waals surface area contributed by atoms with E-state index >= 15 is 0 Å². The number of rotatable bonds is 9. The highest BCUT2D eigenvalue weighted by atomic mass is 16.5. The lowest BCUT2D eigenvalue weighted by Crippen LogP contribution is -2.39. The van der Waals surface area contributed by atoms with Crippen molar-refractivity contribution in [2.45, 2.75) is 25.8 Å². The third kappa shape index (κ3) is 4.81. The summed E-state index contributed by atoms with van der Waals surface area (Å²) in [7, 11) is 0. The number of aliphatic hydroxyl groups is 1. The number of ether oxygens (including phenoxy) is 1.